The molecule has 11 aromatic carbocycles. The molecule has 1 aliphatic rings. The zero-order valence-corrected chi connectivity index (χ0v) is 37.8. The topological polar surface area (TPSA) is 16.4 Å². The van der Waals surface area contributed by atoms with E-state index in [9.17, 15) is 0 Å². The van der Waals surface area contributed by atoms with Crippen molar-refractivity contribution >= 4 is 39.0 Å². The Morgan fingerprint density at radius 3 is 1.57 bits per heavy atom. The van der Waals surface area contributed by atoms with Crippen LogP contribution >= 0.6 is 0 Å². The molecule has 69 heavy (non-hydrogen) atoms. The fraction of sp³-hybridized carbons (Fsp3) is 0.0149. The van der Waals surface area contributed by atoms with Crippen molar-refractivity contribution < 1.29 is 4.42 Å². The van der Waals surface area contributed by atoms with E-state index in [-0.39, 0.29) is 0 Å². The lowest BCUT2D eigenvalue weighted by Crippen LogP contribution is -2.28. The van der Waals surface area contributed by atoms with E-state index in [2.05, 4.69) is 266 Å². The Bertz CT molecular complexity index is 3780. The van der Waals surface area contributed by atoms with Crippen LogP contribution in [0.4, 0.5) is 17.1 Å². The van der Waals surface area contributed by atoms with Gasteiger partial charge in [-0.25, -0.2) is 0 Å². The predicted octanol–water partition coefficient (Wildman–Crippen LogP) is 18.1. The molecule has 0 spiro atoms. The van der Waals surface area contributed by atoms with Gasteiger partial charge in [-0.1, -0.05) is 224 Å². The summed E-state index contributed by atoms with van der Waals surface area (Å²) in [5, 5.41) is 2.22. The Labute approximate surface area is 402 Å². The van der Waals surface area contributed by atoms with Crippen LogP contribution in [0.25, 0.3) is 77.6 Å². The number of benzene rings is 11. The largest absolute Gasteiger partial charge is 0.456 e. The standard InChI is InChI=1S/C67H45NO/c1-4-18-46(19-5-1)47-34-36-48(37-35-47)50-20-16-25-55(44-50)68(63-32-14-11-26-56(63)51-40-43-65-60(45-51)58-27-12-15-33-64(58)69-65)54-41-38-49(39-42-54)57-29-17-31-62-66(57)59-28-10-13-30-61(59)67(62,52-21-6-2-7-22-52)53-23-8-3-9-24-53/h1-45H. The van der Waals surface area contributed by atoms with Gasteiger partial charge in [0.25, 0.3) is 0 Å². The molecule has 1 aromatic heterocycles. The summed E-state index contributed by atoms with van der Waals surface area (Å²) in [6.45, 7) is 0. The van der Waals surface area contributed by atoms with Gasteiger partial charge < -0.3 is 9.32 Å². The van der Waals surface area contributed by atoms with Gasteiger partial charge in [-0.15, -0.1) is 0 Å². The Morgan fingerprint density at radius 2 is 0.812 bits per heavy atom. The molecule has 0 saturated heterocycles. The van der Waals surface area contributed by atoms with E-state index in [4.69, 9.17) is 4.42 Å². The molecule has 0 saturated carbocycles. The lowest BCUT2D eigenvalue weighted by Gasteiger charge is -2.34. The predicted molar refractivity (Wildman–Crippen MR) is 287 cm³/mol. The van der Waals surface area contributed by atoms with Crippen LogP contribution in [-0.4, -0.2) is 0 Å². The van der Waals surface area contributed by atoms with Crippen LogP contribution in [0.15, 0.2) is 277 Å². The lowest BCUT2D eigenvalue weighted by atomic mass is 9.67. The molecule has 0 aliphatic heterocycles. The van der Waals surface area contributed by atoms with Crippen molar-refractivity contribution in [3.63, 3.8) is 0 Å². The van der Waals surface area contributed by atoms with Crippen LogP contribution in [0.3, 0.4) is 0 Å². The Hall–Kier alpha value is -8.98. The molecule has 1 aliphatic carbocycles. The number of furan rings is 1. The van der Waals surface area contributed by atoms with Crippen molar-refractivity contribution in [1.29, 1.82) is 0 Å². The minimum Gasteiger partial charge on any atom is -0.456 e. The summed E-state index contributed by atoms with van der Waals surface area (Å²) in [5.74, 6) is 0. The Morgan fingerprint density at radius 1 is 0.290 bits per heavy atom. The first kappa shape index (κ1) is 40.3. The molecule has 0 amide bonds. The second-order valence-electron chi connectivity index (χ2n) is 18.0. The van der Waals surface area contributed by atoms with Crippen LogP contribution in [-0.2, 0) is 5.41 Å². The second kappa shape index (κ2) is 16.7. The number of anilines is 3. The first-order valence-corrected chi connectivity index (χ1v) is 23.7. The number of hydrogen-bond donors (Lipinski definition) is 0. The minimum atomic E-state index is -0.469. The maximum absolute atomic E-state index is 6.29. The van der Waals surface area contributed by atoms with Gasteiger partial charge in [0.1, 0.15) is 11.2 Å². The van der Waals surface area contributed by atoms with Crippen molar-refractivity contribution in [2.45, 2.75) is 5.41 Å². The first-order chi connectivity index (χ1) is 34.2. The maximum atomic E-state index is 6.29. The van der Waals surface area contributed by atoms with Gasteiger partial charge in [0.2, 0.25) is 0 Å². The monoisotopic (exact) mass is 879 g/mol. The van der Waals surface area contributed by atoms with Gasteiger partial charge >= 0.3 is 0 Å². The molecule has 0 unspecified atom stereocenters. The van der Waals surface area contributed by atoms with Crippen molar-refractivity contribution in [3.8, 4) is 55.6 Å². The summed E-state index contributed by atoms with van der Waals surface area (Å²) in [6.07, 6.45) is 0. The van der Waals surface area contributed by atoms with Gasteiger partial charge in [0.15, 0.2) is 0 Å². The average Bonchev–Trinajstić information content (AvgIpc) is 3.96. The number of hydrogen-bond acceptors (Lipinski definition) is 2. The van der Waals surface area contributed by atoms with E-state index < -0.39 is 5.41 Å². The number of nitrogens with zero attached hydrogens (tertiary/aromatic N) is 1. The minimum absolute atomic E-state index is 0.469. The fourth-order valence-corrected chi connectivity index (χ4v) is 11.1. The highest BCUT2D eigenvalue weighted by Crippen LogP contribution is 2.58. The molecule has 0 atom stereocenters. The van der Waals surface area contributed by atoms with Crippen molar-refractivity contribution in [1.82, 2.24) is 0 Å². The normalized spacial score (nSPS) is 12.5. The second-order valence-corrected chi connectivity index (χ2v) is 18.0. The van der Waals surface area contributed by atoms with E-state index in [0.717, 1.165) is 61.3 Å². The third-order valence-corrected chi connectivity index (χ3v) is 14.2. The summed E-state index contributed by atoms with van der Waals surface area (Å²) in [5.41, 5.74) is 21.6. The molecule has 0 radical (unpaired) electrons. The van der Waals surface area contributed by atoms with Crippen molar-refractivity contribution in [2.24, 2.45) is 0 Å². The molecule has 0 bridgehead atoms. The van der Waals surface area contributed by atoms with E-state index in [1.807, 2.05) is 12.1 Å². The molecule has 1 heterocycles. The van der Waals surface area contributed by atoms with Gasteiger partial charge in [-0.05, 0) is 121 Å². The van der Waals surface area contributed by atoms with Crippen LogP contribution in [0.1, 0.15) is 22.3 Å². The van der Waals surface area contributed by atoms with Crippen molar-refractivity contribution in [2.75, 3.05) is 4.90 Å². The van der Waals surface area contributed by atoms with Gasteiger partial charge in [-0.2, -0.15) is 0 Å². The number of para-hydroxylation sites is 2. The summed E-state index contributed by atoms with van der Waals surface area (Å²) >= 11 is 0. The summed E-state index contributed by atoms with van der Waals surface area (Å²) < 4.78 is 6.29. The van der Waals surface area contributed by atoms with E-state index in [1.54, 1.807) is 0 Å². The van der Waals surface area contributed by atoms with Crippen LogP contribution in [0, 0.1) is 0 Å². The molecular formula is C67H45NO. The van der Waals surface area contributed by atoms with Crippen molar-refractivity contribution in [3.05, 3.63) is 295 Å². The fourth-order valence-electron chi connectivity index (χ4n) is 11.1. The number of fused-ring (bicyclic) bond motifs is 6. The molecule has 324 valence electrons. The van der Waals surface area contributed by atoms with Crippen LogP contribution < -0.4 is 4.90 Å². The molecule has 2 nitrogen and oxygen atoms in total. The molecule has 0 N–H and O–H groups in total. The lowest BCUT2D eigenvalue weighted by molar-refractivity contribution is 0.669. The third-order valence-electron chi connectivity index (χ3n) is 14.2. The zero-order chi connectivity index (χ0) is 45.7. The smallest absolute Gasteiger partial charge is 0.135 e. The van der Waals surface area contributed by atoms with Gasteiger partial charge in [0.05, 0.1) is 11.1 Å². The quantitative estimate of drug-likeness (QED) is 0.144. The highest BCUT2D eigenvalue weighted by Gasteiger charge is 2.46. The summed E-state index contributed by atoms with van der Waals surface area (Å²) in [4.78, 5) is 2.42. The SMILES string of the molecule is c1ccc(-c2ccc(-c3cccc(N(c4ccc(-c5cccc6c5-c5ccccc5C6(c5ccccc5)c5ccccc5)cc4)c4ccccc4-c4ccc5oc6ccccc6c5c4)c3)cc2)cc1. The first-order valence-electron chi connectivity index (χ1n) is 23.7. The van der Waals surface area contributed by atoms with Crippen LogP contribution in [0.5, 0.6) is 0 Å². The summed E-state index contributed by atoms with van der Waals surface area (Å²) in [6, 6.07) is 99.3. The number of rotatable bonds is 9. The Kier molecular flexibility index (Phi) is 9.77. The Balaban J connectivity index is 0.963. The summed E-state index contributed by atoms with van der Waals surface area (Å²) in [7, 11) is 0. The highest BCUT2D eigenvalue weighted by molar-refractivity contribution is 6.07. The van der Waals surface area contributed by atoms with Gasteiger partial charge in [0, 0.05) is 27.7 Å². The average molecular weight is 880 g/mol. The van der Waals surface area contributed by atoms with Crippen LogP contribution in [0.2, 0.25) is 0 Å². The molecule has 2 heteroatoms. The third kappa shape index (κ3) is 6.72. The molecule has 13 rings (SSSR count). The van der Waals surface area contributed by atoms with E-state index in [0.29, 0.717) is 0 Å². The van der Waals surface area contributed by atoms with E-state index in [1.165, 1.54) is 55.6 Å². The zero-order valence-electron chi connectivity index (χ0n) is 37.8. The highest BCUT2D eigenvalue weighted by atomic mass is 16.3. The molecule has 0 fully saturated rings. The molecular weight excluding hydrogens is 835 g/mol. The maximum Gasteiger partial charge on any atom is 0.135 e. The van der Waals surface area contributed by atoms with Gasteiger partial charge in [-0.3, -0.25) is 0 Å². The van der Waals surface area contributed by atoms with E-state index >= 15 is 0 Å². The molecule has 12 aromatic rings.